The number of aromatic nitrogens is 1. The van der Waals surface area contributed by atoms with Crippen molar-refractivity contribution in [3.63, 3.8) is 0 Å². The van der Waals surface area contributed by atoms with Crippen LogP contribution in [-0.2, 0) is 6.54 Å². The Hall–Kier alpha value is -1.75. The van der Waals surface area contributed by atoms with Gasteiger partial charge in [-0.15, -0.1) is 0 Å². The third-order valence-electron chi connectivity index (χ3n) is 2.86. The van der Waals surface area contributed by atoms with E-state index in [1.165, 1.54) is 22.7 Å². The third-order valence-corrected chi connectivity index (χ3v) is 3.82. The summed E-state index contributed by atoms with van der Waals surface area (Å²) in [5.41, 5.74) is 8.41. The second kappa shape index (κ2) is 6.13. The van der Waals surface area contributed by atoms with E-state index in [9.17, 15) is 0 Å². The van der Waals surface area contributed by atoms with E-state index in [1.54, 1.807) is 0 Å². The van der Waals surface area contributed by atoms with Gasteiger partial charge in [0.25, 0.3) is 0 Å². The molecule has 0 amide bonds. The Balaban J connectivity index is 2.19. The van der Waals surface area contributed by atoms with E-state index in [2.05, 4.69) is 40.5 Å². The fraction of sp³-hybridized carbons (Fsp3) is 0.400. The average molecular weight is 291 g/mol. The second-order valence-electron chi connectivity index (χ2n) is 5.21. The average Bonchev–Trinajstić information content (AvgIpc) is 2.70. The number of anilines is 2. The molecule has 2 N–H and O–H groups in total. The van der Waals surface area contributed by atoms with E-state index >= 15 is 0 Å². The fourth-order valence-corrected chi connectivity index (χ4v) is 2.74. The summed E-state index contributed by atoms with van der Waals surface area (Å²) in [7, 11) is 2.03. The van der Waals surface area contributed by atoms with Crippen molar-refractivity contribution in [3.05, 3.63) is 35.4 Å². The number of nitrogens with zero attached hydrogens (tertiary/aromatic N) is 2. The highest BCUT2D eigenvalue weighted by molar-refractivity contribution is 7.11. The second-order valence-corrected chi connectivity index (χ2v) is 5.97. The van der Waals surface area contributed by atoms with E-state index < -0.39 is 0 Å². The predicted molar refractivity (Wildman–Crippen MR) is 85.6 cm³/mol. The Morgan fingerprint density at radius 2 is 2.15 bits per heavy atom. The van der Waals surface area contributed by atoms with Gasteiger partial charge >= 0.3 is 0 Å². The minimum absolute atomic E-state index is 0.0832. The van der Waals surface area contributed by atoms with Gasteiger partial charge in [0.15, 0.2) is 16.6 Å². The first kappa shape index (κ1) is 14.7. The SMILES string of the molecule is Cc1cccc(CN(C)c2snc(N)c2OC(C)C)c1. The maximum atomic E-state index is 5.89. The van der Waals surface area contributed by atoms with Crippen LogP contribution in [0.1, 0.15) is 25.0 Å². The van der Waals surface area contributed by atoms with E-state index in [-0.39, 0.29) is 6.10 Å². The molecule has 0 saturated heterocycles. The minimum Gasteiger partial charge on any atom is -0.484 e. The summed E-state index contributed by atoms with van der Waals surface area (Å²) in [6, 6.07) is 8.48. The Morgan fingerprint density at radius 3 is 2.80 bits per heavy atom. The molecule has 0 aliphatic carbocycles. The quantitative estimate of drug-likeness (QED) is 0.916. The van der Waals surface area contributed by atoms with Crippen molar-refractivity contribution in [1.82, 2.24) is 4.37 Å². The topological polar surface area (TPSA) is 51.4 Å². The zero-order valence-electron chi connectivity index (χ0n) is 12.4. The molecule has 0 unspecified atom stereocenters. The van der Waals surface area contributed by atoms with Crippen molar-refractivity contribution in [2.75, 3.05) is 17.7 Å². The number of benzene rings is 1. The summed E-state index contributed by atoms with van der Waals surface area (Å²) < 4.78 is 9.98. The van der Waals surface area contributed by atoms with Crippen LogP contribution in [0.5, 0.6) is 5.75 Å². The van der Waals surface area contributed by atoms with Crippen molar-refractivity contribution in [2.45, 2.75) is 33.4 Å². The normalized spacial score (nSPS) is 10.8. The van der Waals surface area contributed by atoms with Gasteiger partial charge in [0, 0.05) is 13.6 Å². The predicted octanol–water partition coefficient (Wildman–Crippen LogP) is 3.46. The van der Waals surface area contributed by atoms with Gasteiger partial charge in [-0.25, -0.2) is 0 Å². The number of nitrogen functional groups attached to an aromatic ring is 1. The van der Waals surface area contributed by atoms with Crippen molar-refractivity contribution in [1.29, 1.82) is 0 Å². The molecule has 1 aromatic carbocycles. The lowest BCUT2D eigenvalue weighted by molar-refractivity contribution is 0.245. The number of ether oxygens (including phenoxy) is 1. The number of hydrogen-bond acceptors (Lipinski definition) is 5. The Labute approximate surface area is 124 Å². The van der Waals surface area contributed by atoms with E-state index in [0.717, 1.165) is 11.5 Å². The number of hydrogen-bond donors (Lipinski definition) is 1. The lowest BCUT2D eigenvalue weighted by atomic mass is 10.1. The van der Waals surface area contributed by atoms with Crippen LogP contribution < -0.4 is 15.4 Å². The third kappa shape index (κ3) is 3.42. The lowest BCUT2D eigenvalue weighted by Crippen LogP contribution is -2.17. The molecule has 5 heteroatoms. The zero-order valence-corrected chi connectivity index (χ0v) is 13.2. The summed E-state index contributed by atoms with van der Waals surface area (Å²) in [4.78, 5) is 2.13. The highest BCUT2D eigenvalue weighted by Gasteiger charge is 2.18. The van der Waals surface area contributed by atoms with Gasteiger partial charge in [-0.1, -0.05) is 29.8 Å². The summed E-state index contributed by atoms with van der Waals surface area (Å²) in [5.74, 6) is 1.16. The summed E-state index contributed by atoms with van der Waals surface area (Å²) in [5, 5.41) is 0.970. The standard InChI is InChI=1S/C15H21N3OS/c1-10(2)19-13-14(16)17-20-15(13)18(4)9-12-7-5-6-11(3)8-12/h5-8,10H,9H2,1-4H3,(H2,16,17). The Kier molecular flexibility index (Phi) is 4.49. The van der Waals surface area contributed by atoms with Gasteiger partial charge in [0.05, 0.1) is 6.10 Å². The smallest absolute Gasteiger partial charge is 0.198 e. The number of aryl methyl sites for hydroxylation is 1. The molecular weight excluding hydrogens is 270 g/mol. The summed E-state index contributed by atoms with van der Waals surface area (Å²) >= 11 is 1.38. The molecular formula is C15H21N3OS. The van der Waals surface area contributed by atoms with Crippen molar-refractivity contribution in [3.8, 4) is 5.75 Å². The molecule has 108 valence electrons. The van der Waals surface area contributed by atoms with Crippen LogP contribution in [0, 0.1) is 6.92 Å². The molecule has 0 aliphatic rings. The maximum absolute atomic E-state index is 5.89. The van der Waals surface area contributed by atoms with Crippen LogP contribution >= 0.6 is 11.5 Å². The minimum atomic E-state index is 0.0832. The molecule has 0 aliphatic heterocycles. The van der Waals surface area contributed by atoms with E-state index in [4.69, 9.17) is 10.5 Å². The molecule has 0 saturated carbocycles. The van der Waals surface area contributed by atoms with Gasteiger partial charge in [0.2, 0.25) is 0 Å². The first-order chi connectivity index (χ1) is 9.47. The van der Waals surface area contributed by atoms with Gasteiger partial charge in [-0.3, -0.25) is 0 Å². The Bertz CT molecular complexity index is 580. The molecule has 0 fully saturated rings. The fourth-order valence-electron chi connectivity index (χ4n) is 2.03. The van der Waals surface area contributed by atoms with Crippen LogP contribution in [0.2, 0.25) is 0 Å². The van der Waals surface area contributed by atoms with Crippen LogP contribution in [0.3, 0.4) is 0 Å². The van der Waals surface area contributed by atoms with Crippen LogP contribution in [0.25, 0.3) is 0 Å². The van der Waals surface area contributed by atoms with Crippen LogP contribution in [0.4, 0.5) is 10.8 Å². The maximum Gasteiger partial charge on any atom is 0.198 e. The number of rotatable bonds is 5. The highest BCUT2D eigenvalue weighted by atomic mass is 32.1. The van der Waals surface area contributed by atoms with Crippen molar-refractivity contribution in [2.24, 2.45) is 0 Å². The van der Waals surface area contributed by atoms with Gasteiger partial charge in [0.1, 0.15) is 0 Å². The molecule has 4 nitrogen and oxygen atoms in total. The summed E-state index contributed by atoms with van der Waals surface area (Å²) in [6.45, 7) is 6.88. The molecule has 1 heterocycles. The summed E-state index contributed by atoms with van der Waals surface area (Å²) in [6.07, 6.45) is 0.0832. The molecule has 1 aromatic heterocycles. The van der Waals surface area contributed by atoms with Gasteiger partial charge in [-0.2, -0.15) is 4.37 Å². The molecule has 0 radical (unpaired) electrons. The van der Waals surface area contributed by atoms with Crippen molar-refractivity contribution >= 4 is 22.4 Å². The number of nitrogens with two attached hydrogens (primary N) is 1. The highest BCUT2D eigenvalue weighted by Crippen LogP contribution is 2.38. The molecule has 0 bridgehead atoms. The zero-order chi connectivity index (χ0) is 14.7. The van der Waals surface area contributed by atoms with Gasteiger partial charge < -0.3 is 15.4 Å². The largest absolute Gasteiger partial charge is 0.484 e. The molecule has 0 atom stereocenters. The van der Waals surface area contributed by atoms with Crippen LogP contribution in [0.15, 0.2) is 24.3 Å². The lowest BCUT2D eigenvalue weighted by Gasteiger charge is -2.20. The monoisotopic (exact) mass is 291 g/mol. The van der Waals surface area contributed by atoms with Crippen molar-refractivity contribution < 1.29 is 4.74 Å². The molecule has 2 rings (SSSR count). The van der Waals surface area contributed by atoms with Crippen LogP contribution in [-0.4, -0.2) is 17.5 Å². The van der Waals surface area contributed by atoms with Gasteiger partial charge in [-0.05, 0) is 37.9 Å². The van der Waals surface area contributed by atoms with E-state index in [0.29, 0.717) is 11.6 Å². The van der Waals surface area contributed by atoms with E-state index in [1.807, 2.05) is 20.9 Å². The Morgan fingerprint density at radius 1 is 1.40 bits per heavy atom. The molecule has 20 heavy (non-hydrogen) atoms. The molecule has 0 spiro atoms. The first-order valence-corrected chi connectivity index (χ1v) is 7.43. The molecule has 2 aromatic rings. The first-order valence-electron chi connectivity index (χ1n) is 6.66.